The van der Waals surface area contributed by atoms with Gasteiger partial charge in [0.05, 0.1) is 33.2 Å². The molecule has 3 aromatic rings. The van der Waals surface area contributed by atoms with Crippen LogP contribution in [0.1, 0.15) is 88.8 Å². The van der Waals surface area contributed by atoms with Gasteiger partial charge in [0.25, 0.3) is 0 Å². The van der Waals surface area contributed by atoms with E-state index < -0.39 is 50.2 Å². The molecule has 2 aliphatic rings. The average molecular weight is 737 g/mol. The van der Waals surface area contributed by atoms with Gasteiger partial charge in [-0.15, -0.1) is 0 Å². The summed E-state index contributed by atoms with van der Waals surface area (Å²) >= 11 is 5.96. The Hall–Kier alpha value is -3.67. The molecular formula is C35H44ClF3N6O4S. The quantitative estimate of drug-likeness (QED) is 0.120. The van der Waals surface area contributed by atoms with E-state index in [1.807, 2.05) is 0 Å². The molecule has 5 rings (SSSR count). The summed E-state index contributed by atoms with van der Waals surface area (Å²) in [5, 5.41) is 25.2. The molecule has 0 amide bonds. The number of carboxylic acid groups (broad SMARTS) is 1. The standard InChI is InChI=1S/C21H18ClF3N4O4S.C14H26N2/c1-12-8-19(29(27-12)13-6-7-26-18(22)9-13)28-11-14(10-16(28)20(30)31)34(32,33)17-5-3-2-4-15(17)21(23,24)25;1-2-3-4-5-6-7-8-9-12-16-14(13-15)10-11-14/h2-9,14,16H,10-11H2,1H3,(H,30,31);16H,2-12H2,1H3/t14-,16+;/m1./s1. The van der Waals surface area contributed by atoms with Crippen molar-refractivity contribution in [3.63, 3.8) is 0 Å². The minimum Gasteiger partial charge on any atom is -0.480 e. The van der Waals surface area contributed by atoms with Crippen LogP contribution in [0.3, 0.4) is 0 Å². The maximum absolute atomic E-state index is 13.5. The number of hydrogen-bond donors (Lipinski definition) is 2. The van der Waals surface area contributed by atoms with Crippen LogP contribution in [0.2, 0.25) is 5.15 Å². The van der Waals surface area contributed by atoms with Crippen molar-refractivity contribution in [2.24, 2.45) is 0 Å². The summed E-state index contributed by atoms with van der Waals surface area (Å²) in [6.45, 7) is 4.62. The predicted molar refractivity (Wildman–Crippen MR) is 185 cm³/mol. The zero-order valence-corrected chi connectivity index (χ0v) is 29.9. The first-order valence-corrected chi connectivity index (χ1v) is 18.9. The van der Waals surface area contributed by atoms with Crippen LogP contribution in [0.4, 0.5) is 19.0 Å². The van der Waals surface area contributed by atoms with Gasteiger partial charge >= 0.3 is 12.1 Å². The first-order valence-electron chi connectivity index (χ1n) is 17.0. The summed E-state index contributed by atoms with van der Waals surface area (Å²) in [6, 6.07) is 9.61. The van der Waals surface area contributed by atoms with Crippen molar-refractivity contribution >= 4 is 33.2 Å². The van der Waals surface area contributed by atoms with Gasteiger partial charge in [-0.3, -0.25) is 5.32 Å². The maximum Gasteiger partial charge on any atom is 0.417 e. The number of hydrogen-bond acceptors (Lipinski definition) is 8. The fourth-order valence-electron chi connectivity index (χ4n) is 6.08. The summed E-state index contributed by atoms with van der Waals surface area (Å²) in [5.41, 5.74) is -0.421. The number of pyridine rings is 1. The number of anilines is 1. The molecule has 1 aliphatic carbocycles. The molecule has 2 aromatic heterocycles. The third kappa shape index (κ3) is 9.98. The molecule has 272 valence electrons. The fraction of sp³-hybridized carbons (Fsp3) is 0.543. The lowest BCUT2D eigenvalue weighted by atomic mass is 10.1. The molecule has 3 heterocycles. The normalized spacial score (nSPS) is 18.3. The number of alkyl halides is 3. The molecule has 0 radical (unpaired) electrons. The second-order valence-electron chi connectivity index (χ2n) is 12.9. The second-order valence-corrected chi connectivity index (χ2v) is 15.5. The lowest BCUT2D eigenvalue weighted by Crippen LogP contribution is -2.37. The predicted octanol–water partition coefficient (Wildman–Crippen LogP) is 7.53. The Balaban J connectivity index is 0.000000295. The molecule has 15 heteroatoms. The second kappa shape index (κ2) is 17.0. The van der Waals surface area contributed by atoms with Gasteiger partial charge in [-0.05, 0) is 57.4 Å². The average Bonchev–Trinajstić information content (AvgIpc) is 3.52. The van der Waals surface area contributed by atoms with E-state index in [1.165, 1.54) is 79.3 Å². The molecule has 2 N–H and O–H groups in total. The van der Waals surface area contributed by atoms with Gasteiger partial charge in [-0.1, -0.05) is 75.6 Å². The number of aryl methyl sites for hydroxylation is 1. The Morgan fingerprint density at radius 2 is 1.76 bits per heavy atom. The number of nitrogens with zero attached hydrogens (tertiary/aromatic N) is 5. The van der Waals surface area contributed by atoms with Crippen molar-refractivity contribution < 1.29 is 31.5 Å². The van der Waals surface area contributed by atoms with E-state index in [9.17, 15) is 31.5 Å². The van der Waals surface area contributed by atoms with Crippen LogP contribution in [0.15, 0.2) is 53.6 Å². The number of carboxylic acids is 1. The number of aromatic nitrogens is 3. The minimum atomic E-state index is -4.88. The summed E-state index contributed by atoms with van der Waals surface area (Å²) in [5.74, 6) is -1.03. The van der Waals surface area contributed by atoms with Crippen molar-refractivity contribution in [1.29, 1.82) is 5.26 Å². The van der Waals surface area contributed by atoms with Gasteiger partial charge in [-0.25, -0.2) is 22.9 Å². The first-order chi connectivity index (χ1) is 23.7. The molecule has 0 unspecified atom stereocenters. The monoisotopic (exact) mass is 736 g/mol. The fourth-order valence-corrected chi connectivity index (χ4v) is 8.16. The number of aliphatic carboxylic acids is 1. The number of nitrogens with one attached hydrogen (secondary N) is 1. The van der Waals surface area contributed by atoms with Crippen molar-refractivity contribution in [3.8, 4) is 11.8 Å². The van der Waals surface area contributed by atoms with Crippen molar-refractivity contribution in [2.45, 2.75) is 112 Å². The van der Waals surface area contributed by atoms with Crippen LogP contribution in [0.5, 0.6) is 0 Å². The zero-order valence-electron chi connectivity index (χ0n) is 28.3. The number of rotatable bonds is 15. The van der Waals surface area contributed by atoms with Gasteiger partial charge < -0.3 is 10.0 Å². The largest absolute Gasteiger partial charge is 0.480 e. The molecule has 2 atom stereocenters. The van der Waals surface area contributed by atoms with Crippen LogP contribution in [0.25, 0.3) is 5.69 Å². The van der Waals surface area contributed by atoms with Crippen LogP contribution in [0, 0.1) is 18.3 Å². The van der Waals surface area contributed by atoms with E-state index in [0.717, 1.165) is 31.5 Å². The zero-order chi connectivity index (χ0) is 36.5. The highest BCUT2D eigenvalue weighted by Gasteiger charge is 2.47. The molecule has 0 spiro atoms. The van der Waals surface area contributed by atoms with E-state index in [4.69, 9.17) is 16.9 Å². The molecule has 0 bridgehead atoms. The van der Waals surface area contributed by atoms with E-state index in [1.54, 1.807) is 19.1 Å². The molecule has 2 fully saturated rings. The van der Waals surface area contributed by atoms with Crippen molar-refractivity contribution in [1.82, 2.24) is 20.1 Å². The van der Waals surface area contributed by atoms with E-state index in [-0.39, 0.29) is 23.1 Å². The van der Waals surface area contributed by atoms with Gasteiger partial charge in [0.15, 0.2) is 9.84 Å². The van der Waals surface area contributed by atoms with Gasteiger partial charge in [0.1, 0.15) is 22.6 Å². The number of nitriles is 1. The first kappa shape index (κ1) is 39.1. The van der Waals surface area contributed by atoms with Crippen LogP contribution in [-0.4, -0.2) is 64.2 Å². The minimum absolute atomic E-state index is 0.110. The highest BCUT2D eigenvalue weighted by Crippen LogP contribution is 2.39. The summed E-state index contributed by atoms with van der Waals surface area (Å²) in [7, 11) is -4.52. The molecule has 1 aliphatic heterocycles. The summed E-state index contributed by atoms with van der Waals surface area (Å²) in [4.78, 5) is 16.4. The number of benzene rings is 1. The Morgan fingerprint density at radius 3 is 2.36 bits per heavy atom. The highest BCUT2D eigenvalue weighted by molar-refractivity contribution is 7.92. The third-order valence-corrected chi connectivity index (χ3v) is 11.4. The Kier molecular flexibility index (Phi) is 13.3. The smallest absolute Gasteiger partial charge is 0.417 e. The number of halogens is 4. The molecule has 10 nitrogen and oxygen atoms in total. The summed E-state index contributed by atoms with van der Waals surface area (Å²) < 4.78 is 68.4. The highest BCUT2D eigenvalue weighted by atomic mass is 35.5. The number of unbranched alkanes of at least 4 members (excludes halogenated alkanes) is 7. The van der Waals surface area contributed by atoms with E-state index >= 15 is 0 Å². The van der Waals surface area contributed by atoms with Gasteiger partial charge in [0.2, 0.25) is 0 Å². The SMILES string of the molecule is CCCCCCCCCCNC1(C#N)CC1.Cc1cc(N2C[C@H](S(=O)(=O)c3ccccc3C(F)(F)F)C[C@H]2C(=O)O)n(-c2ccnc(Cl)c2)n1. The molecule has 50 heavy (non-hydrogen) atoms. The van der Waals surface area contributed by atoms with Crippen molar-refractivity contribution in [3.05, 3.63) is 65.1 Å². The Morgan fingerprint density at radius 1 is 1.10 bits per heavy atom. The number of carbonyl (C=O) groups is 1. The van der Waals surface area contributed by atoms with Crippen LogP contribution in [-0.2, 0) is 20.8 Å². The lowest BCUT2D eigenvalue weighted by Gasteiger charge is -2.24. The van der Waals surface area contributed by atoms with Crippen LogP contribution >= 0.6 is 11.6 Å². The Bertz CT molecular complexity index is 1760. The van der Waals surface area contributed by atoms with Crippen molar-refractivity contribution in [2.75, 3.05) is 18.0 Å². The Labute approximate surface area is 296 Å². The molecular weight excluding hydrogens is 693 g/mol. The molecule has 1 aromatic carbocycles. The van der Waals surface area contributed by atoms with E-state index in [0.29, 0.717) is 17.4 Å². The lowest BCUT2D eigenvalue weighted by molar-refractivity contribution is -0.140. The maximum atomic E-state index is 13.5. The number of sulfone groups is 1. The van der Waals surface area contributed by atoms with Gasteiger partial charge in [0, 0.05) is 24.9 Å². The summed E-state index contributed by atoms with van der Waals surface area (Å²) in [6.07, 6.45) is 9.11. The van der Waals surface area contributed by atoms with Crippen LogP contribution < -0.4 is 10.2 Å². The molecule has 1 saturated carbocycles. The van der Waals surface area contributed by atoms with Gasteiger partial charge in [-0.2, -0.15) is 23.5 Å². The van der Waals surface area contributed by atoms with E-state index in [2.05, 4.69) is 28.4 Å². The third-order valence-electron chi connectivity index (χ3n) is 9.01. The topological polar surface area (TPSA) is 141 Å². The molecule has 1 saturated heterocycles.